The minimum atomic E-state index is -0.467. The van der Waals surface area contributed by atoms with Crippen molar-refractivity contribution in [1.82, 2.24) is 9.66 Å². The number of hydrogen-bond donors (Lipinski definition) is 0. The summed E-state index contributed by atoms with van der Waals surface area (Å²) in [4.78, 5) is 29.0. The number of ether oxygens (including phenoxy) is 3. The van der Waals surface area contributed by atoms with Gasteiger partial charge in [-0.25, -0.2) is 4.98 Å². The standard InChI is InChI=1S/C33H24BrClN4O7/c1-3-44-27-15-20(29(34)30(35)31(27)45-18-19-11-13-21(14-12-19)39(41)42)17-36-38-32(37-24-8-5-4-7-22(24)33(38)40)28-16-23-25(43-2)9-6-10-26(23)46-28/h4-17H,3,18H2,1-2H3. The van der Waals surface area contributed by atoms with E-state index in [2.05, 4.69) is 21.0 Å². The molecule has 0 saturated heterocycles. The van der Waals surface area contributed by atoms with Crippen LogP contribution in [0.4, 0.5) is 5.69 Å². The van der Waals surface area contributed by atoms with E-state index in [4.69, 9.17) is 35.2 Å². The highest BCUT2D eigenvalue weighted by Crippen LogP contribution is 2.43. The smallest absolute Gasteiger partial charge is 0.282 e. The quantitative estimate of drug-likeness (QED) is 0.0797. The van der Waals surface area contributed by atoms with Crippen molar-refractivity contribution in [1.29, 1.82) is 0 Å². The summed E-state index contributed by atoms with van der Waals surface area (Å²) in [5.74, 6) is 1.73. The number of rotatable bonds is 10. The molecule has 2 heterocycles. The third-order valence-corrected chi connectivity index (χ3v) is 8.46. The number of fused-ring (bicyclic) bond motifs is 2. The van der Waals surface area contributed by atoms with Gasteiger partial charge in [0.1, 0.15) is 23.0 Å². The van der Waals surface area contributed by atoms with Crippen LogP contribution >= 0.6 is 27.5 Å². The van der Waals surface area contributed by atoms with Crippen LogP contribution in [0, 0.1) is 10.1 Å². The molecule has 0 atom stereocenters. The van der Waals surface area contributed by atoms with Crippen molar-refractivity contribution in [3.8, 4) is 28.8 Å². The summed E-state index contributed by atoms with van der Waals surface area (Å²) in [7, 11) is 1.57. The lowest BCUT2D eigenvalue weighted by Crippen LogP contribution is -2.20. The number of aromatic nitrogens is 2. The molecule has 13 heteroatoms. The molecule has 6 rings (SSSR count). The maximum absolute atomic E-state index is 13.8. The molecule has 0 aliphatic rings. The number of furan rings is 1. The Balaban J connectivity index is 1.41. The number of hydrogen-bond acceptors (Lipinski definition) is 9. The Morgan fingerprint density at radius 3 is 2.57 bits per heavy atom. The molecule has 46 heavy (non-hydrogen) atoms. The number of halogens is 2. The van der Waals surface area contributed by atoms with Gasteiger partial charge in [-0.3, -0.25) is 14.9 Å². The molecule has 0 fully saturated rings. The zero-order chi connectivity index (χ0) is 32.4. The van der Waals surface area contributed by atoms with E-state index in [9.17, 15) is 14.9 Å². The van der Waals surface area contributed by atoms with Crippen LogP contribution in [0.3, 0.4) is 0 Å². The lowest BCUT2D eigenvalue weighted by Gasteiger charge is -2.16. The normalized spacial score (nSPS) is 11.4. The molecule has 0 N–H and O–H groups in total. The predicted octanol–water partition coefficient (Wildman–Crippen LogP) is 8.00. The molecule has 0 spiro atoms. The van der Waals surface area contributed by atoms with Crippen LogP contribution in [0.15, 0.2) is 97.6 Å². The summed E-state index contributed by atoms with van der Waals surface area (Å²) >= 11 is 10.3. The zero-order valence-electron chi connectivity index (χ0n) is 24.4. The average molecular weight is 704 g/mol. The Kier molecular flexibility index (Phi) is 8.73. The van der Waals surface area contributed by atoms with Crippen molar-refractivity contribution in [2.24, 2.45) is 5.10 Å². The van der Waals surface area contributed by atoms with Crippen molar-refractivity contribution in [3.05, 3.63) is 120 Å². The van der Waals surface area contributed by atoms with E-state index in [-0.39, 0.29) is 28.9 Å². The van der Waals surface area contributed by atoms with Gasteiger partial charge in [0, 0.05) is 22.2 Å². The van der Waals surface area contributed by atoms with Gasteiger partial charge in [-0.15, -0.1) is 0 Å². The number of nitro groups is 1. The van der Waals surface area contributed by atoms with Gasteiger partial charge in [0.15, 0.2) is 17.3 Å². The second-order valence-corrected chi connectivity index (χ2v) is 11.0. The van der Waals surface area contributed by atoms with Gasteiger partial charge in [0.25, 0.3) is 11.2 Å². The number of nitro benzene ring substituents is 1. The minimum Gasteiger partial charge on any atom is -0.496 e. The average Bonchev–Trinajstić information content (AvgIpc) is 3.51. The Morgan fingerprint density at radius 1 is 1.04 bits per heavy atom. The number of benzene rings is 4. The summed E-state index contributed by atoms with van der Waals surface area (Å²) in [6.45, 7) is 2.22. The fraction of sp³-hybridized carbons (Fsp3) is 0.121. The van der Waals surface area contributed by atoms with Crippen molar-refractivity contribution in [2.45, 2.75) is 13.5 Å². The van der Waals surface area contributed by atoms with E-state index in [1.807, 2.05) is 19.1 Å². The van der Waals surface area contributed by atoms with Crippen LogP contribution in [0.2, 0.25) is 5.02 Å². The Morgan fingerprint density at radius 2 is 1.83 bits per heavy atom. The summed E-state index contributed by atoms with van der Waals surface area (Å²) in [5, 5.41) is 16.8. The minimum absolute atomic E-state index is 0.0212. The number of methoxy groups -OCH3 is 1. The van der Waals surface area contributed by atoms with Gasteiger partial charge < -0.3 is 18.6 Å². The largest absolute Gasteiger partial charge is 0.496 e. The van der Waals surface area contributed by atoms with Crippen LogP contribution < -0.4 is 19.8 Å². The van der Waals surface area contributed by atoms with E-state index in [1.165, 1.54) is 23.0 Å². The van der Waals surface area contributed by atoms with Gasteiger partial charge in [0.2, 0.25) is 5.82 Å². The molecule has 0 unspecified atom stereocenters. The predicted molar refractivity (Wildman–Crippen MR) is 179 cm³/mol. The molecule has 6 aromatic rings. The highest BCUT2D eigenvalue weighted by molar-refractivity contribution is 9.10. The molecule has 0 amide bonds. The molecule has 0 bridgehead atoms. The molecule has 2 aromatic heterocycles. The van der Waals surface area contributed by atoms with Crippen molar-refractivity contribution in [3.63, 3.8) is 0 Å². The lowest BCUT2D eigenvalue weighted by atomic mass is 10.2. The highest BCUT2D eigenvalue weighted by atomic mass is 79.9. The fourth-order valence-corrected chi connectivity index (χ4v) is 5.45. The van der Waals surface area contributed by atoms with Crippen molar-refractivity contribution < 1.29 is 23.6 Å². The van der Waals surface area contributed by atoms with Crippen LogP contribution in [-0.2, 0) is 6.61 Å². The second kappa shape index (κ2) is 13.0. The summed E-state index contributed by atoms with van der Waals surface area (Å²) in [6, 6.07) is 21.9. The van der Waals surface area contributed by atoms with E-state index >= 15 is 0 Å². The Hall–Kier alpha value is -5.20. The summed E-state index contributed by atoms with van der Waals surface area (Å²) in [6.07, 6.45) is 1.46. The van der Waals surface area contributed by atoms with Crippen LogP contribution in [0.25, 0.3) is 33.5 Å². The first-order valence-corrected chi connectivity index (χ1v) is 15.1. The fourth-order valence-electron chi connectivity index (χ4n) is 4.80. The third kappa shape index (κ3) is 5.92. The Labute approximate surface area is 274 Å². The second-order valence-electron chi connectivity index (χ2n) is 9.86. The van der Waals surface area contributed by atoms with E-state index in [1.54, 1.807) is 61.7 Å². The van der Waals surface area contributed by atoms with Gasteiger partial charge in [-0.05, 0) is 76.9 Å². The number of non-ortho nitro benzene ring substituents is 1. The van der Waals surface area contributed by atoms with Gasteiger partial charge >= 0.3 is 0 Å². The summed E-state index contributed by atoms with van der Waals surface area (Å²) in [5.41, 5.74) is 1.82. The molecular weight excluding hydrogens is 680 g/mol. The molecule has 4 aromatic carbocycles. The van der Waals surface area contributed by atoms with Crippen molar-refractivity contribution >= 4 is 61.3 Å². The zero-order valence-corrected chi connectivity index (χ0v) is 26.7. The maximum atomic E-state index is 13.8. The van der Waals surface area contributed by atoms with Gasteiger partial charge in [-0.1, -0.05) is 29.8 Å². The number of nitrogens with zero attached hydrogens (tertiary/aromatic N) is 4. The van der Waals surface area contributed by atoms with Crippen LogP contribution in [0.5, 0.6) is 17.2 Å². The monoisotopic (exact) mass is 702 g/mol. The van der Waals surface area contributed by atoms with E-state index in [0.717, 1.165) is 5.39 Å². The molecular formula is C33H24BrClN4O7. The van der Waals surface area contributed by atoms with Crippen molar-refractivity contribution in [2.75, 3.05) is 13.7 Å². The highest BCUT2D eigenvalue weighted by Gasteiger charge is 2.20. The molecule has 0 aliphatic carbocycles. The van der Waals surface area contributed by atoms with Gasteiger partial charge in [0.05, 0.1) is 41.1 Å². The first-order valence-electron chi connectivity index (χ1n) is 13.9. The molecule has 0 saturated carbocycles. The SMILES string of the molecule is CCOc1cc(C=Nn2c(-c3cc4c(OC)cccc4o3)nc3ccccc3c2=O)c(Br)c(Cl)c1OCc1ccc([N+](=O)[O-])cc1. The van der Waals surface area contributed by atoms with E-state index in [0.29, 0.717) is 56.0 Å². The molecule has 0 radical (unpaired) electrons. The number of para-hydroxylation sites is 1. The Bertz CT molecular complexity index is 2200. The first-order chi connectivity index (χ1) is 22.3. The van der Waals surface area contributed by atoms with E-state index < -0.39 is 10.5 Å². The van der Waals surface area contributed by atoms with Gasteiger partial charge in [-0.2, -0.15) is 9.78 Å². The van der Waals surface area contributed by atoms with Crippen LogP contribution in [-0.4, -0.2) is 34.5 Å². The topological polar surface area (TPSA) is 131 Å². The lowest BCUT2D eigenvalue weighted by molar-refractivity contribution is -0.384. The van der Waals surface area contributed by atoms with Crippen LogP contribution in [0.1, 0.15) is 18.1 Å². The maximum Gasteiger partial charge on any atom is 0.282 e. The molecule has 11 nitrogen and oxygen atoms in total. The molecule has 0 aliphatic heterocycles. The molecule has 232 valence electrons. The first kappa shape index (κ1) is 30.8. The summed E-state index contributed by atoms with van der Waals surface area (Å²) < 4.78 is 25.1. The third-order valence-electron chi connectivity index (χ3n) is 7.01.